The molecule has 112 valence electrons. The summed E-state index contributed by atoms with van der Waals surface area (Å²) in [6.07, 6.45) is 4.06. The Morgan fingerprint density at radius 2 is 1.68 bits per heavy atom. The van der Waals surface area contributed by atoms with Crippen LogP contribution in [0, 0.1) is 0 Å². The number of ether oxygens (including phenoxy) is 1. The van der Waals surface area contributed by atoms with Gasteiger partial charge in [-0.15, -0.1) is 6.58 Å². The SMILES string of the molecule is C=CCOS(=O)(=O)OCCCCC.CCOCC.[H-].[Na+]. The van der Waals surface area contributed by atoms with Crippen LogP contribution in [0.15, 0.2) is 12.7 Å². The second-order valence-corrected chi connectivity index (χ2v) is 4.58. The summed E-state index contributed by atoms with van der Waals surface area (Å²) in [6, 6.07) is 0. The van der Waals surface area contributed by atoms with E-state index in [1.807, 2.05) is 20.8 Å². The van der Waals surface area contributed by atoms with Crippen LogP contribution in [0.2, 0.25) is 0 Å². The van der Waals surface area contributed by atoms with Crippen LogP contribution in [-0.4, -0.2) is 34.8 Å². The Morgan fingerprint density at radius 3 is 2.05 bits per heavy atom. The van der Waals surface area contributed by atoms with E-state index in [-0.39, 0.29) is 44.2 Å². The zero-order valence-corrected chi connectivity index (χ0v) is 15.5. The number of rotatable bonds is 10. The molecular formula is C12H27NaO5S. The molecule has 0 aromatic rings. The van der Waals surface area contributed by atoms with Crippen LogP contribution in [0.4, 0.5) is 0 Å². The fourth-order valence-corrected chi connectivity index (χ4v) is 1.54. The van der Waals surface area contributed by atoms with Crippen molar-refractivity contribution in [1.29, 1.82) is 0 Å². The van der Waals surface area contributed by atoms with E-state index < -0.39 is 10.4 Å². The Labute approximate surface area is 141 Å². The number of unbranched alkanes of at least 4 members (excludes halogenated alkanes) is 2. The Kier molecular flexibility index (Phi) is 24.0. The molecule has 0 aliphatic heterocycles. The average molecular weight is 306 g/mol. The Morgan fingerprint density at radius 1 is 1.11 bits per heavy atom. The number of hydrogen-bond donors (Lipinski definition) is 0. The fraction of sp³-hybridized carbons (Fsp3) is 0.833. The Bertz CT molecular complexity index is 271. The monoisotopic (exact) mass is 306 g/mol. The molecule has 0 atom stereocenters. The molecule has 0 unspecified atom stereocenters. The maximum absolute atomic E-state index is 10.9. The third kappa shape index (κ3) is 24.0. The summed E-state index contributed by atoms with van der Waals surface area (Å²) in [5, 5.41) is 0. The van der Waals surface area contributed by atoms with E-state index >= 15 is 0 Å². The van der Waals surface area contributed by atoms with Crippen molar-refractivity contribution in [3.63, 3.8) is 0 Å². The molecule has 0 fully saturated rings. The van der Waals surface area contributed by atoms with Crippen molar-refractivity contribution < 1.29 is 52.5 Å². The van der Waals surface area contributed by atoms with Gasteiger partial charge in [0.25, 0.3) is 0 Å². The van der Waals surface area contributed by atoms with E-state index in [4.69, 9.17) is 4.74 Å². The number of hydrogen-bond acceptors (Lipinski definition) is 5. The third-order valence-corrected chi connectivity index (χ3v) is 2.59. The normalized spacial score (nSPS) is 10.1. The molecule has 0 aliphatic carbocycles. The van der Waals surface area contributed by atoms with Crippen molar-refractivity contribution in [3.8, 4) is 0 Å². The van der Waals surface area contributed by atoms with Gasteiger partial charge in [-0.2, -0.15) is 8.42 Å². The minimum Gasteiger partial charge on any atom is -1.00 e. The van der Waals surface area contributed by atoms with Crippen molar-refractivity contribution in [1.82, 2.24) is 0 Å². The minimum atomic E-state index is -3.80. The first-order valence-electron chi connectivity index (χ1n) is 6.26. The predicted octanol–water partition coefficient (Wildman–Crippen LogP) is -0.200. The topological polar surface area (TPSA) is 61.8 Å². The van der Waals surface area contributed by atoms with Gasteiger partial charge in [0.2, 0.25) is 0 Å². The van der Waals surface area contributed by atoms with Gasteiger partial charge in [-0.1, -0.05) is 25.8 Å². The van der Waals surface area contributed by atoms with Crippen molar-refractivity contribution >= 4 is 10.4 Å². The molecule has 0 radical (unpaired) electrons. The summed E-state index contributed by atoms with van der Waals surface area (Å²) in [4.78, 5) is 0. The van der Waals surface area contributed by atoms with Crippen LogP contribution in [0.3, 0.4) is 0 Å². The molecule has 0 bridgehead atoms. The standard InChI is InChI=1S/C8H16O4S.C4H10O.Na.H/c1-3-5-6-8-12-13(9,10)11-7-4-2;1-3-5-4-2;;/h4H,2-3,5-8H2,1H3;3-4H2,1-2H3;;/q;;+1;-1. The second-order valence-electron chi connectivity index (χ2n) is 3.29. The van der Waals surface area contributed by atoms with E-state index in [1.165, 1.54) is 6.08 Å². The molecule has 0 rings (SSSR count). The summed E-state index contributed by atoms with van der Waals surface area (Å²) in [6.45, 7) is 11.2. The molecule has 0 aliphatic rings. The van der Waals surface area contributed by atoms with Gasteiger partial charge < -0.3 is 6.16 Å². The first kappa shape index (κ1) is 24.6. The van der Waals surface area contributed by atoms with Crippen LogP contribution < -0.4 is 29.6 Å². The minimum absolute atomic E-state index is 0. The average Bonchev–Trinajstić information content (AvgIpc) is 2.34. The zero-order valence-electron chi connectivity index (χ0n) is 13.7. The van der Waals surface area contributed by atoms with Crippen molar-refractivity contribution in [2.24, 2.45) is 0 Å². The molecular weight excluding hydrogens is 279 g/mol. The maximum atomic E-state index is 10.9. The molecule has 19 heavy (non-hydrogen) atoms. The molecule has 0 saturated carbocycles. The largest absolute Gasteiger partial charge is 1.00 e. The van der Waals surface area contributed by atoms with Gasteiger partial charge in [0.1, 0.15) is 0 Å². The predicted molar refractivity (Wildman–Crippen MR) is 73.8 cm³/mol. The molecule has 0 spiro atoms. The summed E-state index contributed by atoms with van der Waals surface area (Å²) < 4.78 is 35.5. The third-order valence-electron chi connectivity index (χ3n) is 1.71. The molecule has 0 N–H and O–H groups in total. The zero-order chi connectivity index (χ0) is 14.3. The van der Waals surface area contributed by atoms with Crippen LogP contribution >= 0.6 is 0 Å². The van der Waals surface area contributed by atoms with E-state index in [1.54, 1.807) is 0 Å². The van der Waals surface area contributed by atoms with E-state index in [0.29, 0.717) is 0 Å². The molecule has 0 aromatic carbocycles. The first-order valence-corrected chi connectivity index (χ1v) is 7.59. The van der Waals surface area contributed by atoms with Crippen LogP contribution in [0.5, 0.6) is 0 Å². The Hall–Kier alpha value is 0.570. The van der Waals surface area contributed by atoms with Gasteiger partial charge >= 0.3 is 40.0 Å². The fourth-order valence-electron chi connectivity index (χ4n) is 0.883. The van der Waals surface area contributed by atoms with E-state index in [0.717, 1.165) is 32.5 Å². The van der Waals surface area contributed by atoms with Crippen molar-refractivity contribution in [2.75, 3.05) is 26.4 Å². The summed E-state index contributed by atoms with van der Waals surface area (Å²) in [5.41, 5.74) is 0. The molecule has 0 heterocycles. The Balaban J connectivity index is -0.000000158. The smallest absolute Gasteiger partial charge is 1.00 e. The van der Waals surface area contributed by atoms with Gasteiger partial charge in [0.05, 0.1) is 13.2 Å². The molecule has 0 aromatic heterocycles. The quantitative estimate of drug-likeness (QED) is 0.318. The summed E-state index contributed by atoms with van der Waals surface area (Å²) in [7, 11) is -3.80. The molecule has 7 heteroatoms. The van der Waals surface area contributed by atoms with Crippen LogP contribution in [0.1, 0.15) is 41.5 Å². The van der Waals surface area contributed by atoms with E-state index in [9.17, 15) is 8.42 Å². The van der Waals surface area contributed by atoms with Gasteiger partial charge in [0.15, 0.2) is 0 Å². The van der Waals surface area contributed by atoms with Gasteiger partial charge in [0, 0.05) is 13.2 Å². The van der Waals surface area contributed by atoms with E-state index in [2.05, 4.69) is 14.9 Å². The molecule has 0 saturated heterocycles. The van der Waals surface area contributed by atoms with Gasteiger partial charge in [-0.05, 0) is 20.3 Å². The maximum Gasteiger partial charge on any atom is 1.00 e. The van der Waals surface area contributed by atoms with Crippen LogP contribution in [-0.2, 0) is 23.5 Å². The molecule has 0 amide bonds. The van der Waals surface area contributed by atoms with Crippen molar-refractivity contribution in [2.45, 2.75) is 40.0 Å². The van der Waals surface area contributed by atoms with Crippen molar-refractivity contribution in [3.05, 3.63) is 12.7 Å². The second kappa shape index (κ2) is 18.6. The molecule has 5 nitrogen and oxygen atoms in total. The summed E-state index contributed by atoms with van der Waals surface area (Å²) >= 11 is 0. The summed E-state index contributed by atoms with van der Waals surface area (Å²) in [5.74, 6) is 0. The van der Waals surface area contributed by atoms with Gasteiger partial charge in [-0.25, -0.2) is 8.37 Å². The van der Waals surface area contributed by atoms with Crippen LogP contribution in [0.25, 0.3) is 0 Å². The first-order chi connectivity index (χ1) is 8.54. The van der Waals surface area contributed by atoms with Gasteiger partial charge in [-0.3, -0.25) is 0 Å².